The molecule has 1 heterocycles. The molecule has 2 rings (SSSR count). The van der Waals surface area contributed by atoms with Crippen molar-refractivity contribution in [1.29, 1.82) is 0 Å². The third-order valence-corrected chi connectivity index (χ3v) is 4.70. The first-order valence-electron chi connectivity index (χ1n) is 6.94. The number of benzene rings is 1. The molecule has 0 aliphatic carbocycles. The maximum atomic E-state index is 3.64. The maximum absolute atomic E-state index is 3.64. The number of likely N-dealkylation sites (tertiary alicyclic amines) is 1. The number of halogens is 1. The van der Waals surface area contributed by atoms with Crippen LogP contribution in [0.1, 0.15) is 25.8 Å². The molecule has 1 aliphatic heterocycles. The van der Waals surface area contributed by atoms with Crippen LogP contribution < -0.4 is 0 Å². The van der Waals surface area contributed by atoms with Gasteiger partial charge in [0.1, 0.15) is 0 Å². The summed E-state index contributed by atoms with van der Waals surface area (Å²) >= 11 is 3.64. The fraction of sp³-hybridized carbons (Fsp3) is 0.600. The minimum absolute atomic E-state index is 0.752. The van der Waals surface area contributed by atoms with Crippen molar-refractivity contribution in [2.75, 3.05) is 26.2 Å². The van der Waals surface area contributed by atoms with Gasteiger partial charge in [-0.3, -0.25) is 9.80 Å². The molecule has 0 N–H and O–H groups in total. The zero-order valence-electron chi connectivity index (χ0n) is 11.4. The zero-order valence-corrected chi connectivity index (χ0v) is 13.0. The minimum atomic E-state index is 0.752. The van der Waals surface area contributed by atoms with Gasteiger partial charge in [0.25, 0.3) is 0 Å². The van der Waals surface area contributed by atoms with Gasteiger partial charge in [0.15, 0.2) is 0 Å². The summed E-state index contributed by atoms with van der Waals surface area (Å²) in [6.45, 7) is 10.4. The Morgan fingerprint density at radius 1 is 1.28 bits per heavy atom. The highest BCUT2D eigenvalue weighted by Gasteiger charge is 2.26. The van der Waals surface area contributed by atoms with Crippen LogP contribution in [0, 0.1) is 0 Å². The van der Waals surface area contributed by atoms with Crippen molar-refractivity contribution in [3.8, 4) is 0 Å². The molecule has 100 valence electrons. The summed E-state index contributed by atoms with van der Waals surface area (Å²) in [6.07, 6.45) is 1.31. The van der Waals surface area contributed by atoms with Crippen molar-refractivity contribution in [1.82, 2.24) is 9.80 Å². The van der Waals surface area contributed by atoms with E-state index in [-0.39, 0.29) is 0 Å². The lowest BCUT2D eigenvalue weighted by molar-refractivity contribution is 0.209. The van der Waals surface area contributed by atoms with Crippen LogP contribution in [0.2, 0.25) is 0 Å². The lowest BCUT2D eigenvalue weighted by atomic mass is 10.2. The van der Waals surface area contributed by atoms with Crippen LogP contribution in [0.3, 0.4) is 0 Å². The molecule has 0 aromatic heterocycles. The number of nitrogens with zero attached hydrogens (tertiary/aromatic N) is 2. The molecule has 2 nitrogen and oxygen atoms in total. The van der Waals surface area contributed by atoms with Crippen LogP contribution in [0.25, 0.3) is 0 Å². The van der Waals surface area contributed by atoms with Gasteiger partial charge in [0.05, 0.1) is 0 Å². The summed E-state index contributed by atoms with van der Waals surface area (Å²) in [5, 5.41) is 0. The number of likely N-dealkylation sites (N-methyl/N-ethyl adjacent to an activating group) is 1. The first kappa shape index (κ1) is 14.0. The Kier molecular flexibility index (Phi) is 5.22. The average molecular weight is 311 g/mol. The predicted molar refractivity (Wildman–Crippen MR) is 80.7 cm³/mol. The van der Waals surface area contributed by atoms with Gasteiger partial charge in [-0.15, -0.1) is 0 Å². The van der Waals surface area contributed by atoms with Gasteiger partial charge >= 0.3 is 0 Å². The number of hydrogen-bond acceptors (Lipinski definition) is 2. The van der Waals surface area contributed by atoms with Crippen molar-refractivity contribution in [2.24, 2.45) is 0 Å². The van der Waals surface area contributed by atoms with E-state index in [4.69, 9.17) is 0 Å². The molecule has 18 heavy (non-hydrogen) atoms. The first-order valence-corrected chi connectivity index (χ1v) is 7.73. The summed E-state index contributed by atoms with van der Waals surface area (Å²) in [6, 6.07) is 9.30. The number of hydrogen-bond donors (Lipinski definition) is 0. The highest BCUT2D eigenvalue weighted by Crippen LogP contribution is 2.22. The summed E-state index contributed by atoms with van der Waals surface area (Å²) < 4.78 is 1.23. The molecule has 0 saturated carbocycles. The van der Waals surface area contributed by atoms with Gasteiger partial charge in [-0.25, -0.2) is 0 Å². The van der Waals surface area contributed by atoms with E-state index in [0.29, 0.717) is 0 Å². The summed E-state index contributed by atoms with van der Waals surface area (Å²) in [5.74, 6) is 0. The Balaban J connectivity index is 1.92. The van der Waals surface area contributed by atoms with Gasteiger partial charge in [-0.2, -0.15) is 0 Å². The molecule has 0 spiro atoms. The van der Waals surface area contributed by atoms with Crippen molar-refractivity contribution >= 4 is 15.9 Å². The maximum Gasteiger partial charge on any atom is 0.0245 e. The van der Waals surface area contributed by atoms with Crippen molar-refractivity contribution in [3.63, 3.8) is 0 Å². The summed E-state index contributed by atoms with van der Waals surface area (Å²) in [5.41, 5.74) is 1.40. The Hall–Kier alpha value is -0.380. The minimum Gasteiger partial charge on any atom is -0.300 e. The standard InChI is InChI=1S/C15H23BrN2/c1-3-18(4-2)14-9-10-17(12-14)11-13-7-5-6-8-15(13)16/h5-8,14H,3-4,9-12H2,1-2H3. The van der Waals surface area contributed by atoms with E-state index in [1.54, 1.807) is 0 Å². The average Bonchev–Trinajstić information content (AvgIpc) is 2.82. The quantitative estimate of drug-likeness (QED) is 0.823. The van der Waals surface area contributed by atoms with E-state index in [9.17, 15) is 0 Å². The van der Waals surface area contributed by atoms with E-state index < -0.39 is 0 Å². The molecule has 1 unspecified atom stereocenters. The monoisotopic (exact) mass is 310 g/mol. The Morgan fingerprint density at radius 3 is 2.67 bits per heavy atom. The normalized spacial score (nSPS) is 20.8. The Bertz CT molecular complexity index is 377. The topological polar surface area (TPSA) is 6.48 Å². The third-order valence-electron chi connectivity index (χ3n) is 3.93. The van der Waals surface area contributed by atoms with E-state index in [0.717, 1.165) is 12.6 Å². The molecule has 0 bridgehead atoms. The van der Waals surface area contributed by atoms with Crippen LogP contribution in [0.4, 0.5) is 0 Å². The molecule has 3 heteroatoms. The first-order chi connectivity index (χ1) is 8.74. The van der Waals surface area contributed by atoms with Gasteiger partial charge in [0.2, 0.25) is 0 Å². The fourth-order valence-corrected chi connectivity index (χ4v) is 3.27. The fourth-order valence-electron chi connectivity index (χ4n) is 2.86. The molecule has 1 fully saturated rings. The van der Waals surface area contributed by atoms with Gasteiger partial charge in [-0.05, 0) is 31.1 Å². The molecule has 1 saturated heterocycles. The van der Waals surface area contributed by atoms with Crippen molar-refractivity contribution in [3.05, 3.63) is 34.3 Å². The largest absolute Gasteiger partial charge is 0.300 e. The van der Waals surface area contributed by atoms with Crippen LogP contribution in [0.5, 0.6) is 0 Å². The van der Waals surface area contributed by atoms with Gasteiger partial charge in [0, 0.05) is 30.1 Å². The van der Waals surface area contributed by atoms with E-state index in [1.807, 2.05) is 0 Å². The lowest BCUT2D eigenvalue weighted by Gasteiger charge is -2.26. The smallest absolute Gasteiger partial charge is 0.0245 e. The van der Waals surface area contributed by atoms with Crippen LogP contribution in [-0.4, -0.2) is 42.0 Å². The molecule has 0 amide bonds. The Labute approximate surface area is 119 Å². The third kappa shape index (κ3) is 3.34. The molecular weight excluding hydrogens is 288 g/mol. The van der Waals surface area contributed by atoms with E-state index in [1.165, 1.54) is 42.6 Å². The SMILES string of the molecule is CCN(CC)C1CCN(Cc2ccccc2Br)C1. The highest BCUT2D eigenvalue weighted by molar-refractivity contribution is 9.10. The Morgan fingerprint density at radius 2 is 2.00 bits per heavy atom. The second kappa shape index (κ2) is 6.69. The van der Waals surface area contributed by atoms with Gasteiger partial charge < -0.3 is 0 Å². The predicted octanol–water partition coefficient (Wildman–Crippen LogP) is 3.37. The van der Waals surface area contributed by atoms with Crippen LogP contribution in [-0.2, 0) is 6.54 Å². The molecule has 1 aliphatic rings. The van der Waals surface area contributed by atoms with Crippen molar-refractivity contribution < 1.29 is 0 Å². The highest BCUT2D eigenvalue weighted by atomic mass is 79.9. The van der Waals surface area contributed by atoms with Crippen LogP contribution in [0.15, 0.2) is 28.7 Å². The van der Waals surface area contributed by atoms with Crippen LogP contribution >= 0.6 is 15.9 Å². The summed E-state index contributed by atoms with van der Waals surface area (Å²) in [7, 11) is 0. The van der Waals surface area contributed by atoms with E-state index >= 15 is 0 Å². The molecule has 1 atom stereocenters. The van der Waals surface area contributed by atoms with E-state index in [2.05, 4.69) is 63.8 Å². The zero-order chi connectivity index (χ0) is 13.0. The van der Waals surface area contributed by atoms with Gasteiger partial charge in [-0.1, -0.05) is 48.0 Å². The second-order valence-corrected chi connectivity index (χ2v) is 5.84. The molecule has 1 aromatic carbocycles. The molecular formula is C15H23BrN2. The van der Waals surface area contributed by atoms with Crippen molar-refractivity contribution in [2.45, 2.75) is 32.9 Å². The molecule has 0 radical (unpaired) electrons. The second-order valence-electron chi connectivity index (χ2n) is 4.99. The summed E-state index contributed by atoms with van der Waals surface area (Å²) in [4.78, 5) is 5.16. The number of rotatable bonds is 5. The lowest BCUT2D eigenvalue weighted by Crippen LogP contribution is -2.37. The molecule has 1 aromatic rings.